The molecule has 0 aromatic heterocycles. The Kier molecular flexibility index (Phi) is 5.46. The number of amides is 1. The van der Waals surface area contributed by atoms with Crippen LogP contribution in [0.25, 0.3) is 0 Å². The molecule has 2 aromatic rings. The number of para-hydroxylation sites is 1. The Labute approximate surface area is 151 Å². The highest BCUT2D eigenvalue weighted by atomic mass is 35.5. The van der Waals surface area contributed by atoms with E-state index in [-0.39, 0.29) is 12.5 Å². The van der Waals surface area contributed by atoms with Gasteiger partial charge >= 0.3 is 0 Å². The number of benzene rings is 2. The van der Waals surface area contributed by atoms with E-state index in [1.54, 1.807) is 18.2 Å². The number of nitrogens with one attached hydrogen (secondary N) is 1. The van der Waals surface area contributed by atoms with Gasteiger partial charge in [-0.05, 0) is 38.1 Å². The van der Waals surface area contributed by atoms with Crippen LogP contribution in [-0.4, -0.2) is 25.7 Å². The first kappa shape index (κ1) is 17.6. The lowest BCUT2D eigenvalue weighted by atomic mass is 9.98. The van der Waals surface area contributed by atoms with Crippen LogP contribution in [0.4, 0.5) is 5.69 Å². The lowest BCUT2D eigenvalue weighted by molar-refractivity contribution is -0.121. The number of halogens is 1. The minimum atomic E-state index is -0.491. The zero-order chi connectivity index (χ0) is 17.8. The van der Waals surface area contributed by atoms with E-state index in [9.17, 15) is 4.79 Å². The van der Waals surface area contributed by atoms with Gasteiger partial charge in [0, 0.05) is 21.8 Å². The molecular weight excluding hydrogens is 342 g/mol. The lowest BCUT2D eigenvalue weighted by Crippen LogP contribution is -2.16. The van der Waals surface area contributed by atoms with Crippen molar-refractivity contribution < 1.29 is 19.0 Å². The first-order chi connectivity index (χ1) is 12.1. The minimum Gasteiger partial charge on any atom is -0.490 e. The summed E-state index contributed by atoms with van der Waals surface area (Å²) in [5.41, 5.74) is 2.27. The second kappa shape index (κ2) is 7.76. The molecule has 1 aliphatic heterocycles. The summed E-state index contributed by atoms with van der Waals surface area (Å²) in [7, 11) is 0. The fourth-order valence-electron chi connectivity index (χ4n) is 2.86. The Morgan fingerprint density at radius 2 is 1.96 bits per heavy atom. The number of anilines is 1. The molecule has 1 aliphatic rings. The maximum atomic E-state index is 12.0. The molecule has 2 aromatic carbocycles. The van der Waals surface area contributed by atoms with Crippen LogP contribution in [0, 0.1) is 0 Å². The van der Waals surface area contributed by atoms with E-state index in [1.807, 2.05) is 32.0 Å². The van der Waals surface area contributed by atoms with Crippen molar-refractivity contribution in [2.24, 2.45) is 0 Å². The van der Waals surface area contributed by atoms with Crippen LogP contribution in [0.1, 0.15) is 31.1 Å². The Bertz CT molecular complexity index is 778. The van der Waals surface area contributed by atoms with Crippen LogP contribution >= 0.6 is 11.6 Å². The van der Waals surface area contributed by atoms with Crippen LogP contribution in [0.15, 0.2) is 36.4 Å². The highest BCUT2D eigenvalue weighted by Crippen LogP contribution is 2.42. The Hall–Kier alpha value is -2.24. The van der Waals surface area contributed by atoms with Crippen molar-refractivity contribution in [3.05, 3.63) is 52.5 Å². The number of carbonyl (C=O) groups excluding carboxylic acids is 1. The summed E-state index contributed by atoms with van der Waals surface area (Å²) in [6.07, 6.45) is -0.491. The smallest absolute Gasteiger partial charge is 0.250 e. The number of hydrogen-bond donors (Lipinski definition) is 1. The zero-order valence-electron chi connectivity index (χ0n) is 14.2. The topological polar surface area (TPSA) is 56.8 Å². The van der Waals surface area contributed by atoms with Gasteiger partial charge in [0.2, 0.25) is 5.91 Å². The summed E-state index contributed by atoms with van der Waals surface area (Å²) in [4.78, 5) is 12.0. The van der Waals surface area contributed by atoms with Gasteiger partial charge in [0.1, 0.15) is 12.7 Å². The molecule has 0 spiro atoms. The maximum Gasteiger partial charge on any atom is 0.250 e. The molecule has 25 heavy (non-hydrogen) atoms. The predicted molar refractivity (Wildman–Crippen MR) is 96.7 cm³/mol. The average Bonchev–Trinajstić information content (AvgIpc) is 2.75. The third-order valence-corrected chi connectivity index (χ3v) is 4.07. The van der Waals surface area contributed by atoms with Gasteiger partial charge in [-0.15, -0.1) is 0 Å². The van der Waals surface area contributed by atoms with Gasteiger partial charge in [-0.3, -0.25) is 4.79 Å². The van der Waals surface area contributed by atoms with E-state index in [2.05, 4.69) is 5.32 Å². The van der Waals surface area contributed by atoms with Crippen molar-refractivity contribution in [2.75, 3.05) is 25.1 Å². The van der Waals surface area contributed by atoms with Crippen molar-refractivity contribution in [3.63, 3.8) is 0 Å². The van der Waals surface area contributed by atoms with Crippen molar-refractivity contribution in [1.29, 1.82) is 0 Å². The summed E-state index contributed by atoms with van der Waals surface area (Å²) in [5.74, 6) is 1.07. The Morgan fingerprint density at radius 3 is 2.72 bits per heavy atom. The zero-order valence-corrected chi connectivity index (χ0v) is 14.9. The van der Waals surface area contributed by atoms with Crippen molar-refractivity contribution in [1.82, 2.24) is 0 Å². The average molecular weight is 362 g/mol. The lowest BCUT2D eigenvalue weighted by Gasteiger charge is -2.22. The molecule has 0 bridgehead atoms. The predicted octanol–water partition coefficient (Wildman–Crippen LogP) is 4.20. The van der Waals surface area contributed by atoms with Crippen LogP contribution in [0.2, 0.25) is 5.02 Å². The van der Waals surface area contributed by atoms with Gasteiger partial charge in [0.25, 0.3) is 0 Å². The molecule has 132 valence electrons. The molecule has 0 saturated heterocycles. The minimum absolute atomic E-state index is 0.0542. The summed E-state index contributed by atoms with van der Waals surface area (Å²) in [5, 5.41) is 3.42. The van der Waals surface area contributed by atoms with E-state index in [0.717, 1.165) is 11.1 Å². The van der Waals surface area contributed by atoms with Crippen LogP contribution in [0.5, 0.6) is 11.5 Å². The van der Waals surface area contributed by atoms with Gasteiger partial charge in [-0.25, -0.2) is 0 Å². The van der Waals surface area contributed by atoms with Gasteiger partial charge in [-0.2, -0.15) is 0 Å². The van der Waals surface area contributed by atoms with Gasteiger partial charge in [-0.1, -0.05) is 23.7 Å². The number of fused-ring (bicyclic) bond motifs is 1. The van der Waals surface area contributed by atoms with E-state index < -0.39 is 6.10 Å². The summed E-state index contributed by atoms with van der Waals surface area (Å²) in [6.45, 7) is 4.79. The monoisotopic (exact) mass is 361 g/mol. The SMILES string of the molecule is CCOc1cccc([C@H]2OCC(=O)Nc3ccc(Cl)cc32)c1OCC. The van der Waals surface area contributed by atoms with Gasteiger partial charge in [0.15, 0.2) is 11.5 Å². The van der Waals surface area contributed by atoms with Crippen LogP contribution in [0.3, 0.4) is 0 Å². The molecular formula is C19H20ClNO4. The molecule has 6 heteroatoms. The fourth-order valence-corrected chi connectivity index (χ4v) is 3.04. The molecule has 0 radical (unpaired) electrons. The van der Waals surface area contributed by atoms with E-state index >= 15 is 0 Å². The third kappa shape index (κ3) is 3.72. The van der Waals surface area contributed by atoms with E-state index in [1.165, 1.54) is 0 Å². The number of carbonyl (C=O) groups is 1. The normalized spacial score (nSPS) is 16.6. The molecule has 0 saturated carbocycles. The third-order valence-electron chi connectivity index (χ3n) is 3.83. The molecule has 0 aliphatic carbocycles. The largest absolute Gasteiger partial charge is 0.490 e. The summed E-state index contributed by atoms with van der Waals surface area (Å²) >= 11 is 6.18. The summed E-state index contributed by atoms with van der Waals surface area (Å²) < 4.78 is 17.4. The second-order valence-electron chi connectivity index (χ2n) is 5.51. The molecule has 0 unspecified atom stereocenters. The highest BCUT2D eigenvalue weighted by Gasteiger charge is 2.28. The van der Waals surface area contributed by atoms with Crippen LogP contribution < -0.4 is 14.8 Å². The standard InChI is InChI=1S/C19H20ClNO4/c1-3-23-16-7-5-6-13(19(16)24-4-2)18-14-10-12(20)8-9-15(14)21-17(22)11-25-18/h5-10,18H,3-4,11H2,1-2H3,(H,21,22)/t18-/m1/s1. The van der Waals surface area contributed by atoms with E-state index in [0.29, 0.717) is 35.4 Å². The van der Waals surface area contributed by atoms with Crippen molar-refractivity contribution in [2.45, 2.75) is 20.0 Å². The second-order valence-corrected chi connectivity index (χ2v) is 5.95. The van der Waals surface area contributed by atoms with Crippen molar-refractivity contribution in [3.8, 4) is 11.5 Å². The molecule has 1 N–H and O–H groups in total. The quantitative estimate of drug-likeness (QED) is 0.867. The number of ether oxygens (including phenoxy) is 3. The molecule has 0 fully saturated rings. The first-order valence-corrected chi connectivity index (χ1v) is 8.61. The first-order valence-electron chi connectivity index (χ1n) is 8.23. The number of rotatable bonds is 5. The molecule has 1 atom stereocenters. The molecule has 5 nitrogen and oxygen atoms in total. The van der Waals surface area contributed by atoms with Crippen LogP contribution in [-0.2, 0) is 9.53 Å². The fraction of sp³-hybridized carbons (Fsp3) is 0.316. The molecule has 3 rings (SSSR count). The summed E-state index contributed by atoms with van der Waals surface area (Å²) in [6, 6.07) is 11.0. The highest BCUT2D eigenvalue weighted by molar-refractivity contribution is 6.30. The van der Waals surface area contributed by atoms with Gasteiger partial charge in [0.05, 0.1) is 13.2 Å². The van der Waals surface area contributed by atoms with Gasteiger partial charge < -0.3 is 19.5 Å². The Morgan fingerprint density at radius 1 is 1.16 bits per heavy atom. The Balaban J connectivity index is 2.14. The molecule has 1 heterocycles. The van der Waals surface area contributed by atoms with Crippen molar-refractivity contribution >= 4 is 23.2 Å². The molecule has 1 amide bonds. The number of hydrogen-bond acceptors (Lipinski definition) is 4. The van der Waals surface area contributed by atoms with E-state index in [4.69, 9.17) is 25.8 Å². The maximum absolute atomic E-state index is 12.0.